The molecule has 40 heavy (non-hydrogen) atoms. The minimum Gasteiger partial charge on any atom is -0.346 e. The van der Waals surface area contributed by atoms with Crippen molar-refractivity contribution in [2.24, 2.45) is 11.1 Å². The van der Waals surface area contributed by atoms with Crippen LogP contribution in [0.2, 0.25) is 0 Å². The summed E-state index contributed by atoms with van der Waals surface area (Å²) in [5, 5.41) is 11.9. The molecule has 2 aliphatic rings. The van der Waals surface area contributed by atoms with Crippen LogP contribution in [0.5, 0.6) is 0 Å². The summed E-state index contributed by atoms with van der Waals surface area (Å²) in [6.07, 6.45) is -2.87. The highest BCUT2D eigenvalue weighted by molar-refractivity contribution is 7.89. The predicted molar refractivity (Wildman–Crippen MR) is 136 cm³/mol. The third-order valence-corrected chi connectivity index (χ3v) is 8.33. The van der Waals surface area contributed by atoms with E-state index < -0.39 is 69.9 Å². The molecule has 220 valence electrons. The fourth-order valence-corrected chi connectivity index (χ4v) is 6.40. The van der Waals surface area contributed by atoms with Crippen LogP contribution in [0.3, 0.4) is 0 Å². The first kappa shape index (κ1) is 30.1. The SMILES string of the molecule is NS(=O)(=O)C[C@H](CC(=O)C1CCCC(F)(F)C1)NC(=O)c1cc(-c2ccccc2C(F)(F)F)n(C2CCCC2)n1. The monoisotopic (exact) mass is 590 g/mol. The molecule has 0 aliphatic heterocycles. The second kappa shape index (κ2) is 11.6. The number of aromatic nitrogens is 2. The lowest BCUT2D eigenvalue weighted by molar-refractivity contribution is -0.137. The molecule has 0 spiro atoms. The molecule has 4 rings (SSSR count). The second-order valence-electron chi connectivity index (χ2n) is 10.7. The Hall–Kier alpha value is -2.87. The Kier molecular flexibility index (Phi) is 8.69. The molecule has 1 unspecified atom stereocenters. The lowest BCUT2D eigenvalue weighted by Gasteiger charge is -2.29. The number of carbonyl (C=O) groups is 2. The van der Waals surface area contributed by atoms with Crippen molar-refractivity contribution in [1.29, 1.82) is 0 Å². The van der Waals surface area contributed by atoms with Crippen LogP contribution in [0.15, 0.2) is 30.3 Å². The van der Waals surface area contributed by atoms with E-state index in [1.807, 2.05) is 0 Å². The smallest absolute Gasteiger partial charge is 0.346 e. The van der Waals surface area contributed by atoms with Gasteiger partial charge in [-0.15, -0.1) is 0 Å². The summed E-state index contributed by atoms with van der Waals surface area (Å²) in [6, 6.07) is 4.54. The van der Waals surface area contributed by atoms with Crippen LogP contribution in [0.1, 0.15) is 79.9 Å². The molecular weight excluding hydrogens is 559 g/mol. The molecule has 0 saturated heterocycles. The van der Waals surface area contributed by atoms with Crippen molar-refractivity contribution in [3.05, 3.63) is 41.6 Å². The number of nitrogens with one attached hydrogen (secondary N) is 1. The van der Waals surface area contributed by atoms with Crippen LogP contribution in [0.25, 0.3) is 11.3 Å². The third kappa shape index (κ3) is 7.45. The van der Waals surface area contributed by atoms with E-state index in [1.54, 1.807) is 0 Å². The lowest BCUT2D eigenvalue weighted by atomic mass is 9.82. The number of alkyl halides is 5. The van der Waals surface area contributed by atoms with Gasteiger partial charge in [-0.2, -0.15) is 18.3 Å². The summed E-state index contributed by atoms with van der Waals surface area (Å²) >= 11 is 0. The maximum absolute atomic E-state index is 13.8. The Morgan fingerprint density at radius 3 is 2.42 bits per heavy atom. The summed E-state index contributed by atoms with van der Waals surface area (Å²) in [5.41, 5.74) is -1.26. The zero-order chi connectivity index (χ0) is 29.3. The highest BCUT2D eigenvalue weighted by Gasteiger charge is 2.40. The van der Waals surface area contributed by atoms with Gasteiger partial charge in [-0.25, -0.2) is 22.3 Å². The number of carbonyl (C=O) groups excluding carboxylic acids is 2. The second-order valence-corrected chi connectivity index (χ2v) is 12.3. The number of hydrogen-bond acceptors (Lipinski definition) is 5. The quantitative estimate of drug-likeness (QED) is 0.404. The van der Waals surface area contributed by atoms with Gasteiger partial charge < -0.3 is 5.32 Å². The molecule has 1 aromatic heterocycles. The topological polar surface area (TPSA) is 124 Å². The number of benzene rings is 1. The molecule has 0 bridgehead atoms. The van der Waals surface area contributed by atoms with Gasteiger partial charge in [0.2, 0.25) is 15.9 Å². The molecule has 2 aliphatic carbocycles. The first-order chi connectivity index (χ1) is 18.6. The van der Waals surface area contributed by atoms with Crippen LogP contribution < -0.4 is 10.5 Å². The molecule has 8 nitrogen and oxygen atoms in total. The third-order valence-electron chi connectivity index (χ3n) is 7.46. The summed E-state index contributed by atoms with van der Waals surface area (Å²) in [4.78, 5) is 26.0. The number of amides is 1. The largest absolute Gasteiger partial charge is 0.417 e. The Balaban J connectivity index is 1.62. The molecule has 2 aromatic rings. The van der Waals surface area contributed by atoms with E-state index in [4.69, 9.17) is 5.14 Å². The van der Waals surface area contributed by atoms with Crippen molar-refractivity contribution in [3.63, 3.8) is 0 Å². The van der Waals surface area contributed by atoms with Gasteiger partial charge in [0.05, 0.1) is 29.1 Å². The van der Waals surface area contributed by atoms with E-state index in [1.165, 1.54) is 28.9 Å². The average Bonchev–Trinajstić information content (AvgIpc) is 3.52. The lowest BCUT2D eigenvalue weighted by Crippen LogP contribution is -2.44. The summed E-state index contributed by atoms with van der Waals surface area (Å²) in [5.74, 6) is -6.37. The Morgan fingerprint density at radius 1 is 1.12 bits per heavy atom. The number of nitrogens with two attached hydrogens (primary N) is 1. The van der Waals surface area contributed by atoms with Crippen molar-refractivity contribution < 1.29 is 40.0 Å². The number of hydrogen-bond donors (Lipinski definition) is 2. The van der Waals surface area contributed by atoms with Crippen molar-refractivity contribution >= 4 is 21.7 Å². The number of sulfonamides is 1. The molecule has 1 heterocycles. The highest BCUT2D eigenvalue weighted by atomic mass is 32.2. The number of nitrogens with zero attached hydrogens (tertiary/aromatic N) is 2. The molecule has 3 N–H and O–H groups in total. The summed E-state index contributed by atoms with van der Waals surface area (Å²) in [7, 11) is -4.20. The average molecular weight is 591 g/mol. The van der Waals surface area contributed by atoms with Crippen LogP contribution >= 0.6 is 0 Å². The zero-order valence-electron chi connectivity index (χ0n) is 21.6. The zero-order valence-corrected chi connectivity index (χ0v) is 22.4. The van der Waals surface area contributed by atoms with Crippen LogP contribution in [-0.4, -0.2) is 47.6 Å². The minimum atomic E-state index is -4.67. The minimum absolute atomic E-state index is 0.0773. The molecule has 2 saturated carbocycles. The van der Waals surface area contributed by atoms with Crippen molar-refractivity contribution in [3.8, 4) is 11.3 Å². The molecule has 1 amide bonds. The normalized spacial score (nSPS) is 20.8. The standard InChI is InChI=1S/C26H31F5N4O4S/c27-25(28)11-5-6-16(14-25)23(36)12-17(15-40(32,38)39)33-24(37)21-13-22(35(34-21)18-7-1-2-8-18)19-9-3-4-10-20(19)26(29,30)31/h3-4,9-10,13,16-18H,1-2,5-8,11-12,14-15H2,(H,33,37)(H2,32,38,39)/t16?,17-/m0/s1. The maximum atomic E-state index is 13.8. The van der Waals surface area contributed by atoms with E-state index in [9.17, 15) is 40.0 Å². The maximum Gasteiger partial charge on any atom is 0.417 e. The molecule has 2 fully saturated rings. The van der Waals surface area contributed by atoms with Gasteiger partial charge in [-0.1, -0.05) is 31.0 Å². The highest BCUT2D eigenvalue weighted by Crippen LogP contribution is 2.40. The number of rotatable bonds is 9. The van der Waals surface area contributed by atoms with Crippen LogP contribution in [0, 0.1) is 5.92 Å². The van der Waals surface area contributed by atoms with E-state index >= 15 is 0 Å². The summed E-state index contributed by atoms with van der Waals surface area (Å²) < 4.78 is 94.2. The number of ketones is 1. The van der Waals surface area contributed by atoms with Crippen molar-refractivity contribution in [2.75, 3.05) is 5.75 Å². The fourth-order valence-electron chi connectivity index (χ4n) is 5.63. The van der Waals surface area contributed by atoms with Gasteiger partial charge in [0, 0.05) is 30.7 Å². The van der Waals surface area contributed by atoms with E-state index in [-0.39, 0.29) is 42.3 Å². The Morgan fingerprint density at radius 2 is 1.80 bits per heavy atom. The first-order valence-electron chi connectivity index (χ1n) is 13.1. The predicted octanol–water partition coefficient (Wildman–Crippen LogP) is 4.86. The van der Waals surface area contributed by atoms with E-state index in [2.05, 4.69) is 10.4 Å². The Labute approximate surface area is 228 Å². The Bertz CT molecular complexity index is 1350. The number of halogens is 5. The fraction of sp³-hybridized carbons (Fsp3) is 0.577. The van der Waals surface area contributed by atoms with E-state index in [0.29, 0.717) is 12.8 Å². The van der Waals surface area contributed by atoms with Crippen LogP contribution in [0.4, 0.5) is 22.0 Å². The van der Waals surface area contributed by atoms with Gasteiger partial charge in [-0.05, 0) is 37.8 Å². The van der Waals surface area contributed by atoms with Gasteiger partial charge in [-0.3, -0.25) is 14.3 Å². The van der Waals surface area contributed by atoms with Crippen molar-refractivity contribution in [1.82, 2.24) is 15.1 Å². The summed E-state index contributed by atoms with van der Waals surface area (Å²) in [6.45, 7) is 0. The van der Waals surface area contributed by atoms with Gasteiger partial charge in [0.15, 0.2) is 5.69 Å². The van der Waals surface area contributed by atoms with Gasteiger partial charge >= 0.3 is 6.18 Å². The molecule has 0 radical (unpaired) electrons. The van der Waals surface area contributed by atoms with Crippen molar-refractivity contribution in [2.45, 2.75) is 82.0 Å². The molecule has 14 heteroatoms. The first-order valence-corrected chi connectivity index (χ1v) is 14.8. The van der Waals surface area contributed by atoms with Gasteiger partial charge in [0.1, 0.15) is 5.78 Å². The van der Waals surface area contributed by atoms with Crippen LogP contribution in [-0.2, 0) is 21.0 Å². The molecular formula is C26H31F5N4O4S. The van der Waals surface area contributed by atoms with Gasteiger partial charge in [0.25, 0.3) is 5.91 Å². The molecule has 1 aromatic carbocycles. The van der Waals surface area contributed by atoms with E-state index in [0.717, 1.165) is 18.9 Å². The number of primary sulfonamides is 1. The molecule has 2 atom stereocenters. The number of Topliss-reactive ketones (excluding diaryl/α,β-unsaturated/α-hetero) is 1.